The van der Waals surface area contributed by atoms with E-state index in [9.17, 15) is 4.79 Å². The molecule has 1 saturated carbocycles. The van der Waals surface area contributed by atoms with Gasteiger partial charge in [0.15, 0.2) is 0 Å². The Morgan fingerprint density at radius 1 is 1.17 bits per heavy atom. The molecule has 1 saturated heterocycles. The topological polar surface area (TPSA) is 92.9 Å². The highest BCUT2D eigenvalue weighted by Gasteiger charge is 2.29. The number of amides is 1. The summed E-state index contributed by atoms with van der Waals surface area (Å²) in [5.41, 5.74) is 0. The molecular formula is C14H18N8OS. The van der Waals surface area contributed by atoms with Crippen LogP contribution in [0.4, 0.5) is 5.95 Å². The van der Waals surface area contributed by atoms with E-state index in [-0.39, 0.29) is 5.91 Å². The largest absolute Gasteiger partial charge is 0.338 e. The van der Waals surface area contributed by atoms with Gasteiger partial charge in [-0.3, -0.25) is 4.79 Å². The molecule has 0 N–H and O–H groups in total. The van der Waals surface area contributed by atoms with Gasteiger partial charge >= 0.3 is 0 Å². The zero-order valence-corrected chi connectivity index (χ0v) is 14.0. The minimum Gasteiger partial charge on any atom is -0.338 e. The summed E-state index contributed by atoms with van der Waals surface area (Å²) < 4.78 is 1.84. The molecule has 2 aliphatic rings. The number of aromatic nitrogens is 6. The molecule has 0 spiro atoms. The maximum absolute atomic E-state index is 12.4. The van der Waals surface area contributed by atoms with Crippen molar-refractivity contribution in [3.63, 3.8) is 0 Å². The third kappa shape index (κ3) is 3.32. The van der Waals surface area contributed by atoms with Crippen LogP contribution >= 0.6 is 11.8 Å². The second kappa shape index (κ2) is 6.71. The van der Waals surface area contributed by atoms with Crippen molar-refractivity contribution in [2.45, 2.75) is 24.0 Å². The Morgan fingerprint density at radius 3 is 2.62 bits per heavy atom. The van der Waals surface area contributed by atoms with Crippen LogP contribution in [0.2, 0.25) is 0 Å². The van der Waals surface area contributed by atoms with Crippen LogP contribution in [0.15, 0.2) is 23.6 Å². The maximum Gasteiger partial charge on any atom is 0.233 e. The Labute approximate surface area is 143 Å². The molecule has 2 aromatic heterocycles. The van der Waals surface area contributed by atoms with Gasteiger partial charge < -0.3 is 9.80 Å². The van der Waals surface area contributed by atoms with E-state index >= 15 is 0 Å². The zero-order valence-electron chi connectivity index (χ0n) is 13.2. The van der Waals surface area contributed by atoms with Crippen molar-refractivity contribution >= 4 is 23.6 Å². The summed E-state index contributed by atoms with van der Waals surface area (Å²) in [7, 11) is 0. The lowest BCUT2D eigenvalue weighted by molar-refractivity contribution is -0.128. The first kappa shape index (κ1) is 15.3. The normalized spacial score (nSPS) is 18.0. The Hall–Kier alpha value is -2.23. The van der Waals surface area contributed by atoms with Crippen molar-refractivity contribution in [1.29, 1.82) is 0 Å². The van der Waals surface area contributed by atoms with Crippen molar-refractivity contribution in [3.05, 3.63) is 18.5 Å². The van der Waals surface area contributed by atoms with Gasteiger partial charge in [0.25, 0.3) is 0 Å². The van der Waals surface area contributed by atoms with Crippen molar-refractivity contribution in [2.24, 2.45) is 0 Å². The van der Waals surface area contributed by atoms with E-state index in [0.717, 1.165) is 37.0 Å². The Bertz CT molecular complexity index is 696. The third-order valence-corrected chi connectivity index (χ3v) is 5.07. The van der Waals surface area contributed by atoms with Gasteiger partial charge in [-0.25, -0.2) is 14.6 Å². The number of hydrogen-bond donors (Lipinski definition) is 0. The van der Waals surface area contributed by atoms with Crippen LogP contribution < -0.4 is 4.90 Å². The van der Waals surface area contributed by atoms with Crippen molar-refractivity contribution in [1.82, 2.24) is 35.1 Å². The monoisotopic (exact) mass is 346 g/mol. The summed E-state index contributed by atoms with van der Waals surface area (Å²) in [6.45, 7) is 2.87. The summed E-state index contributed by atoms with van der Waals surface area (Å²) in [4.78, 5) is 24.9. The molecule has 0 unspecified atom stereocenters. The van der Waals surface area contributed by atoms with E-state index in [2.05, 4.69) is 30.4 Å². The Kier molecular flexibility index (Phi) is 4.28. The Morgan fingerprint density at radius 2 is 1.92 bits per heavy atom. The first-order valence-corrected chi connectivity index (χ1v) is 9.00. The van der Waals surface area contributed by atoms with Crippen molar-refractivity contribution < 1.29 is 4.79 Å². The number of nitrogens with zero attached hydrogens (tertiary/aromatic N) is 8. The lowest BCUT2D eigenvalue weighted by Gasteiger charge is -2.34. The van der Waals surface area contributed by atoms with Crippen LogP contribution in [-0.2, 0) is 4.79 Å². The van der Waals surface area contributed by atoms with E-state index in [4.69, 9.17) is 0 Å². The first-order chi connectivity index (χ1) is 11.8. The molecule has 24 heavy (non-hydrogen) atoms. The minimum absolute atomic E-state index is 0.124. The fourth-order valence-corrected chi connectivity index (χ4v) is 3.50. The molecule has 0 aromatic carbocycles. The zero-order chi connectivity index (χ0) is 16.4. The summed E-state index contributed by atoms with van der Waals surface area (Å²) in [5, 5.41) is 12.5. The van der Waals surface area contributed by atoms with E-state index in [0.29, 0.717) is 24.9 Å². The average molecular weight is 346 g/mol. The number of carbonyl (C=O) groups is 1. The number of anilines is 1. The summed E-state index contributed by atoms with van der Waals surface area (Å²) in [5.74, 6) is 1.22. The van der Waals surface area contributed by atoms with E-state index in [1.165, 1.54) is 11.8 Å². The number of tetrazole rings is 1. The van der Waals surface area contributed by atoms with Gasteiger partial charge in [0, 0.05) is 38.6 Å². The van der Waals surface area contributed by atoms with Gasteiger partial charge in [-0.2, -0.15) is 0 Å². The van der Waals surface area contributed by atoms with E-state index in [1.54, 1.807) is 18.5 Å². The number of thioether (sulfide) groups is 1. The lowest BCUT2D eigenvalue weighted by atomic mass is 10.3. The number of piperazine rings is 1. The predicted molar refractivity (Wildman–Crippen MR) is 87.6 cm³/mol. The van der Waals surface area contributed by atoms with Gasteiger partial charge in [-0.15, -0.1) is 5.10 Å². The summed E-state index contributed by atoms with van der Waals surface area (Å²) >= 11 is 1.42. The smallest absolute Gasteiger partial charge is 0.233 e. The van der Waals surface area contributed by atoms with Gasteiger partial charge in [0.2, 0.25) is 17.0 Å². The fraction of sp³-hybridized carbons (Fsp3) is 0.571. The molecule has 0 bridgehead atoms. The van der Waals surface area contributed by atoms with Gasteiger partial charge in [-0.1, -0.05) is 11.8 Å². The van der Waals surface area contributed by atoms with Crippen LogP contribution in [0.25, 0.3) is 0 Å². The lowest BCUT2D eigenvalue weighted by Crippen LogP contribution is -2.49. The average Bonchev–Trinajstić information content (AvgIpc) is 3.38. The third-order valence-electron chi connectivity index (χ3n) is 4.15. The molecule has 1 aliphatic carbocycles. The van der Waals surface area contributed by atoms with E-state index in [1.807, 2.05) is 9.58 Å². The molecule has 2 fully saturated rings. The second-order valence-corrected chi connectivity index (χ2v) is 6.79. The van der Waals surface area contributed by atoms with Crippen LogP contribution in [-0.4, -0.2) is 72.9 Å². The number of hydrogen-bond acceptors (Lipinski definition) is 8. The second-order valence-electron chi connectivity index (χ2n) is 5.84. The Balaban J connectivity index is 1.28. The molecule has 9 nitrogen and oxygen atoms in total. The first-order valence-electron chi connectivity index (χ1n) is 8.01. The highest BCUT2D eigenvalue weighted by Crippen LogP contribution is 2.36. The van der Waals surface area contributed by atoms with Crippen LogP contribution in [0, 0.1) is 0 Å². The number of rotatable bonds is 5. The fourth-order valence-electron chi connectivity index (χ4n) is 2.66. The quantitative estimate of drug-likeness (QED) is 0.711. The molecule has 10 heteroatoms. The SMILES string of the molecule is O=C(CSc1nnnn1C1CC1)N1CCN(c2ncccn2)CC1. The molecule has 2 aromatic rings. The minimum atomic E-state index is 0.124. The highest BCUT2D eigenvalue weighted by molar-refractivity contribution is 7.99. The van der Waals surface area contributed by atoms with Gasteiger partial charge in [-0.05, 0) is 29.3 Å². The van der Waals surface area contributed by atoms with Crippen LogP contribution in [0.3, 0.4) is 0 Å². The number of carbonyl (C=O) groups excluding carboxylic acids is 1. The summed E-state index contributed by atoms with van der Waals surface area (Å²) in [6, 6.07) is 2.22. The summed E-state index contributed by atoms with van der Waals surface area (Å²) in [6.07, 6.45) is 5.72. The molecule has 1 aliphatic heterocycles. The molecule has 0 atom stereocenters. The molecule has 4 rings (SSSR count). The van der Waals surface area contributed by atoms with Crippen LogP contribution in [0.5, 0.6) is 0 Å². The highest BCUT2D eigenvalue weighted by atomic mass is 32.2. The standard InChI is InChI=1S/C14H18N8OS/c23-12(10-24-14-17-18-19-22(14)11-2-3-11)20-6-8-21(9-7-20)13-15-4-1-5-16-13/h1,4-5,11H,2-3,6-10H2. The molecule has 0 radical (unpaired) electrons. The molecule has 3 heterocycles. The van der Waals surface area contributed by atoms with Crippen molar-refractivity contribution in [2.75, 3.05) is 36.8 Å². The molecular weight excluding hydrogens is 328 g/mol. The predicted octanol–water partition coefficient (Wildman–Crippen LogP) is 0.239. The van der Waals surface area contributed by atoms with Gasteiger partial charge in [0.1, 0.15) is 0 Å². The van der Waals surface area contributed by atoms with E-state index < -0.39 is 0 Å². The van der Waals surface area contributed by atoms with Crippen LogP contribution in [0.1, 0.15) is 18.9 Å². The van der Waals surface area contributed by atoms with Gasteiger partial charge in [0.05, 0.1) is 11.8 Å². The maximum atomic E-state index is 12.4. The molecule has 1 amide bonds. The van der Waals surface area contributed by atoms with Crippen molar-refractivity contribution in [3.8, 4) is 0 Å². The molecule has 126 valence electrons.